The lowest BCUT2D eigenvalue weighted by atomic mass is 9.88. The van der Waals surface area contributed by atoms with Crippen LogP contribution in [0.2, 0.25) is 0 Å². The van der Waals surface area contributed by atoms with E-state index in [0.29, 0.717) is 42.8 Å². The molecule has 1 aliphatic rings. The molecule has 2 atom stereocenters. The van der Waals surface area contributed by atoms with Crippen LogP contribution in [0.15, 0.2) is 48.5 Å². The molecule has 1 aliphatic heterocycles. The third-order valence-electron chi connectivity index (χ3n) is 6.50. The molecule has 0 radical (unpaired) electrons. The highest BCUT2D eigenvalue weighted by Gasteiger charge is 2.34. The Labute approximate surface area is 201 Å². The van der Waals surface area contributed by atoms with Crippen LogP contribution < -0.4 is 15.4 Å². The minimum absolute atomic E-state index is 0.0148. The van der Waals surface area contributed by atoms with E-state index in [-0.39, 0.29) is 29.7 Å². The molecule has 0 spiro atoms. The van der Waals surface area contributed by atoms with Crippen LogP contribution in [-0.2, 0) is 4.79 Å². The topological polar surface area (TPSA) is 87.7 Å². The van der Waals surface area contributed by atoms with Crippen LogP contribution in [0.25, 0.3) is 0 Å². The first kappa shape index (κ1) is 25.3. The predicted molar refractivity (Wildman–Crippen MR) is 132 cm³/mol. The minimum atomic E-state index is -0.656. The third kappa shape index (κ3) is 6.37. The van der Waals surface area contributed by atoms with E-state index >= 15 is 0 Å². The van der Waals surface area contributed by atoms with E-state index in [0.717, 1.165) is 12.0 Å². The average Bonchev–Trinajstić information content (AvgIpc) is 2.87. The number of rotatable bonds is 8. The van der Waals surface area contributed by atoms with Gasteiger partial charge in [-0.05, 0) is 69.4 Å². The number of hydrogen-bond acceptors (Lipinski definition) is 4. The number of ether oxygens (including phenoxy) is 1. The number of carbonyl (C=O) groups is 3. The summed E-state index contributed by atoms with van der Waals surface area (Å²) < 4.78 is 5.23. The van der Waals surface area contributed by atoms with Gasteiger partial charge in [0.1, 0.15) is 11.8 Å². The summed E-state index contributed by atoms with van der Waals surface area (Å²) in [5, 5.41) is 5.99. The highest BCUT2D eigenvalue weighted by Crippen LogP contribution is 2.24. The van der Waals surface area contributed by atoms with Gasteiger partial charge in [0, 0.05) is 30.3 Å². The van der Waals surface area contributed by atoms with Crippen molar-refractivity contribution in [1.29, 1.82) is 0 Å². The van der Waals surface area contributed by atoms with Crippen molar-refractivity contribution in [2.75, 3.05) is 20.2 Å². The van der Waals surface area contributed by atoms with Crippen molar-refractivity contribution in [2.24, 2.45) is 5.92 Å². The Kier molecular flexibility index (Phi) is 8.68. The molecular weight excluding hydrogens is 430 g/mol. The molecule has 2 aromatic rings. The van der Waals surface area contributed by atoms with E-state index < -0.39 is 6.04 Å². The average molecular weight is 466 g/mol. The standard InChI is InChI=1S/C27H35N3O4/c1-5-19(3)28-26(32)24(29-25(31)21-11-9-18(2)10-12-21)20-13-15-30(16-14-20)27(33)22-7-6-8-23(17-22)34-4/h6-12,17,19-20,24H,5,13-16H2,1-4H3,(H,28,32)(H,29,31)/t19-,24-/m1/s1. The molecule has 2 N–H and O–H groups in total. The third-order valence-corrected chi connectivity index (χ3v) is 6.50. The van der Waals surface area contributed by atoms with Crippen LogP contribution in [0.4, 0.5) is 0 Å². The van der Waals surface area contributed by atoms with E-state index in [1.165, 1.54) is 0 Å². The first-order chi connectivity index (χ1) is 16.3. The first-order valence-electron chi connectivity index (χ1n) is 11.9. The minimum Gasteiger partial charge on any atom is -0.497 e. The quantitative estimate of drug-likeness (QED) is 0.624. The largest absolute Gasteiger partial charge is 0.497 e. The number of carbonyl (C=O) groups excluding carboxylic acids is 3. The van der Waals surface area contributed by atoms with E-state index in [1.807, 2.05) is 32.9 Å². The lowest BCUT2D eigenvalue weighted by Crippen LogP contribution is -2.55. The van der Waals surface area contributed by atoms with Gasteiger partial charge in [-0.15, -0.1) is 0 Å². The SMILES string of the molecule is CC[C@@H](C)NC(=O)[C@H](NC(=O)c1ccc(C)cc1)C1CCN(C(=O)c2cccc(OC)c2)CC1. The monoisotopic (exact) mass is 465 g/mol. The summed E-state index contributed by atoms with van der Waals surface area (Å²) in [5.41, 5.74) is 2.17. The number of nitrogens with zero attached hydrogens (tertiary/aromatic N) is 1. The Morgan fingerprint density at radius 2 is 1.71 bits per heavy atom. The first-order valence-corrected chi connectivity index (χ1v) is 11.9. The summed E-state index contributed by atoms with van der Waals surface area (Å²) in [6.45, 7) is 6.97. The molecule has 3 amide bonds. The van der Waals surface area contributed by atoms with Crippen molar-refractivity contribution in [2.45, 2.75) is 52.1 Å². The fourth-order valence-corrected chi connectivity index (χ4v) is 4.14. The van der Waals surface area contributed by atoms with Crippen molar-refractivity contribution in [3.8, 4) is 5.75 Å². The van der Waals surface area contributed by atoms with Crippen molar-refractivity contribution < 1.29 is 19.1 Å². The molecule has 0 unspecified atom stereocenters. The smallest absolute Gasteiger partial charge is 0.253 e. The number of piperidine rings is 1. The molecule has 34 heavy (non-hydrogen) atoms. The molecule has 1 fully saturated rings. The Bertz CT molecular complexity index is 997. The predicted octanol–water partition coefficient (Wildman–Crippen LogP) is 3.57. The van der Waals surface area contributed by atoms with Crippen LogP contribution >= 0.6 is 0 Å². The maximum atomic E-state index is 13.1. The summed E-state index contributed by atoms with van der Waals surface area (Å²) in [5.74, 6) is 0.0855. The van der Waals surface area contributed by atoms with E-state index in [1.54, 1.807) is 48.4 Å². The number of methoxy groups -OCH3 is 1. The summed E-state index contributed by atoms with van der Waals surface area (Å²) >= 11 is 0. The maximum Gasteiger partial charge on any atom is 0.253 e. The van der Waals surface area contributed by atoms with Gasteiger partial charge in [0.25, 0.3) is 11.8 Å². The van der Waals surface area contributed by atoms with Crippen LogP contribution in [0.3, 0.4) is 0 Å². The zero-order chi connectivity index (χ0) is 24.7. The van der Waals surface area contributed by atoms with E-state index in [4.69, 9.17) is 4.74 Å². The number of hydrogen-bond donors (Lipinski definition) is 2. The van der Waals surface area contributed by atoms with Gasteiger partial charge in [0.15, 0.2) is 0 Å². The van der Waals surface area contributed by atoms with E-state index in [9.17, 15) is 14.4 Å². The fourth-order valence-electron chi connectivity index (χ4n) is 4.14. The second kappa shape index (κ2) is 11.7. The van der Waals surface area contributed by atoms with Gasteiger partial charge < -0.3 is 20.3 Å². The Hall–Kier alpha value is -3.35. The Balaban J connectivity index is 1.70. The number of benzene rings is 2. The number of nitrogens with one attached hydrogen (secondary N) is 2. The molecule has 7 heteroatoms. The highest BCUT2D eigenvalue weighted by molar-refractivity contribution is 5.98. The van der Waals surface area contributed by atoms with Crippen LogP contribution in [0.1, 0.15) is 59.4 Å². The molecule has 182 valence electrons. The van der Waals surface area contributed by atoms with Crippen LogP contribution in [0, 0.1) is 12.8 Å². The van der Waals surface area contributed by atoms with Crippen molar-refractivity contribution in [3.63, 3.8) is 0 Å². The number of likely N-dealkylation sites (tertiary alicyclic amines) is 1. The molecule has 2 aromatic carbocycles. The second-order valence-corrected chi connectivity index (χ2v) is 9.00. The van der Waals surface area contributed by atoms with Gasteiger partial charge in [0.2, 0.25) is 5.91 Å². The number of aryl methyl sites for hydroxylation is 1. The lowest BCUT2D eigenvalue weighted by molar-refractivity contribution is -0.125. The van der Waals surface area contributed by atoms with Gasteiger partial charge in [-0.1, -0.05) is 30.7 Å². The normalized spacial score (nSPS) is 15.8. The van der Waals surface area contributed by atoms with Gasteiger partial charge in [-0.3, -0.25) is 14.4 Å². The molecule has 0 saturated carbocycles. The van der Waals surface area contributed by atoms with Crippen LogP contribution in [0.5, 0.6) is 5.75 Å². The Morgan fingerprint density at radius 3 is 2.32 bits per heavy atom. The van der Waals surface area contributed by atoms with Crippen molar-refractivity contribution in [1.82, 2.24) is 15.5 Å². The molecule has 1 heterocycles. The summed E-state index contributed by atoms with van der Waals surface area (Å²) in [6.07, 6.45) is 2.06. The number of amides is 3. The fraction of sp³-hybridized carbons (Fsp3) is 0.444. The molecular formula is C27H35N3O4. The molecule has 3 rings (SSSR count). The molecule has 0 aromatic heterocycles. The van der Waals surface area contributed by atoms with Gasteiger partial charge >= 0.3 is 0 Å². The van der Waals surface area contributed by atoms with Crippen molar-refractivity contribution >= 4 is 17.7 Å². The lowest BCUT2D eigenvalue weighted by Gasteiger charge is -2.36. The highest BCUT2D eigenvalue weighted by atomic mass is 16.5. The van der Waals surface area contributed by atoms with E-state index in [2.05, 4.69) is 10.6 Å². The van der Waals surface area contributed by atoms with Crippen molar-refractivity contribution in [3.05, 3.63) is 65.2 Å². The molecule has 0 bridgehead atoms. The van der Waals surface area contributed by atoms with Gasteiger partial charge in [0.05, 0.1) is 7.11 Å². The second-order valence-electron chi connectivity index (χ2n) is 9.00. The summed E-state index contributed by atoms with van der Waals surface area (Å²) in [4.78, 5) is 40.8. The molecule has 1 saturated heterocycles. The van der Waals surface area contributed by atoms with Gasteiger partial charge in [-0.2, -0.15) is 0 Å². The summed E-state index contributed by atoms with van der Waals surface area (Å²) in [7, 11) is 1.57. The zero-order valence-corrected chi connectivity index (χ0v) is 20.5. The maximum absolute atomic E-state index is 13.1. The molecule has 7 nitrogen and oxygen atoms in total. The van der Waals surface area contributed by atoms with Gasteiger partial charge in [-0.25, -0.2) is 0 Å². The Morgan fingerprint density at radius 1 is 1.03 bits per heavy atom. The molecule has 0 aliphatic carbocycles. The zero-order valence-electron chi connectivity index (χ0n) is 20.5. The summed E-state index contributed by atoms with van der Waals surface area (Å²) in [6, 6.07) is 13.8. The van der Waals surface area contributed by atoms with Crippen LogP contribution in [-0.4, -0.2) is 54.9 Å².